The Balaban J connectivity index is 2.55. The topological polar surface area (TPSA) is 38.5 Å². The van der Waals surface area contributed by atoms with Crippen LogP contribution in [-0.2, 0) is 4.74 Å². The fourth-order valence-corrected chi connectivity index (χ4v) is 3.32. The van der Waals surface area contributed by atoms with E-state index in [9.17, 15) is 0 Å². The van der Waals surface area contributed by atoms with E-state index in [1.54, 1.807) is 0 Å². The van der Waals surface area contributed by atoms with Gasteiger partial charge in [0, 0.05) is 25.2 Å². The highest BCUT2D eigenvalue weighted by Crippen LogP contribution is 2.37. The number of nitrogens with zero attached hydrogens (tertiary/aromatic N) is 1. The molecule has 1 rings (SSSR count). The summed E-state index contributed by atoms with van der Waals surface area (Å²) in [5, 5.41) is 0. The van der Waals surface area contributed by atoms with Crippen molar-refractivity contribution in [3.63, 3.8) is 0 Å². The quantitative estimate of drug-likeness (QED) is 0.679. The monoisotopic (exact) mass is 256 g/mol. The first-order chi connectivity index (χ1) is 8.72. The largest absolute Gasteiger partial charge is 0.380 e. The third-order valence-electron chi connectivity index (χ3n) is 4.76. The summed E-state index contributed by atoms with van der Waals surface area (Å²) in [6.07, 6.45) is 6.55. The molecular weight excluding hydrogens is 224 g/mol. The Bertz CT molecular complexity index is 213. The van der Waals surface area contributed by atoms with E-state index >= 15 is 0 Å². The zero-order valence-electron chi connectivity index (χ0n) is 12.6. The van der Waals surface area contributed by atoms with Crippen molar-refractivity contribution < 1.29 is 4.74 Å². The Morgan fingerprint density at radius 1 is 1.22 bits per heavy atom. The standard InChI is InChI=1S/C15H32N2O/c1-4-14-7-9-15(13-16,10-8-14)17(5-2)11-12-18-6-3/h14H,4-13,16H2,1-3H3. The molecule has 1 aliphatic carbocycles. The maximum Gasteiger partial charge on any atom is 0.0593 e. The van der Waals surface area contributed by atoms with Crippen LogP contribution in [0, 0.1) is 5.92 Å². The Morgan fingerprint density at radius 2 is 1.89 bits per heavy atom. The summed E-state index contributed by atoms with van der Waals surface area (Å²) in [5.41, 5.74) is 6.37. The molecular formula is C15H32N2O. The zero-order valence-corrected chi connectivity index (χ0v) is 12.6. The number of likely N-dealkylation sites (N-methyl/N-ethyl adjacent to an activating group) is 1. The lowest BCUT2D eigenvalue weighted by molar-refractivity contribution is 0.0192. The lowest BCUT2D eigenvalue weighted by Crippen LogP contribution is -2.56. The van der Waals surface area contributed by atoms with Gasteiger partial charge in [-0.25, -0.2) is 0 Å². The van der Waals surface area contributed by atoms with Gasteiger partial charge >= 0.3 is 0 Å². The van der Waals surface area contributed by atoms with Gasteiger partial charge in [0.15, 0.2) is 0 Å². The molecule has 0 radical (unpaired) electrons. The van der Waals surface area contributed by atoms with Crippen LogP contribution in [0.3, 0.4) is 0 Å². The first kappa shape index (κ1) is 15.9. The first-order valence-electron chi connectivity index (χ1n) is 7.75. The SMILES string of the molecule is CCOCCN(CC)C1(CN)CCC(CC)CC1. The number of rotatable bonds is 8. The molecule has 0 aromatic heterocycles. The molecule has 0 aromatic carbocycles. The normalized spacial score (nSPS) is 28.8. The summed E-state index contributed by atoms with van der Waals surface area (Å²) in [6, 6.07) is 0. The van der Waals surface area contributed by atoms with E-state index in [4.69, 9.17) is 10.5 Å². The van der Waals surface area contributed by atoms with Crippen molar-refractivity contribution in [2.75, 3.05) is 32.8 Å². The van der Waals surface area contributed by atoms with Gasteiger partial charge in [-0.15, -0.1) is 0 Å². The second-order valence-electron chi connectivity index (χ2n) is 5.56. The molecule has 108 valence electrons. The number of hydrogen-bond donors (Lipinski definition) is 1. The fourth-order valence-electron chi connectivity index (χ4n) is 3.32. The maximum atomic E-state index is 6.12. The van der Waals surface area contributed by atoms with E-state index in [-0.39, 0.29) is 5.54 Å². The third kappa shape index (κ3) is 3.94. The smallest absolute Gasteiger partial charge is 0.0593 e. The van der Waals surface area contributed by atoms with Gasteiger partial charge in [0.05, 0.1) is 6.61 Å². The van der Waals surface area contributed by atoms with Gasteiger partial charge < -0.3 is 10.5 Å². The predicted octanol–water partition coefficient (Wildman–Crippen LogP) is 2.64. The summed E-state index contributed by atoms with van der Waals surface area (Å²) in [4.78, 5) is 2.56. The summed E-state index contributed by atoms with van der Waals surface area (Å²) < 4.78 is 5.51. The summed E-state index contributed by atoms with van der Waals surface area (Å²) >= 11 is 0. The Morgan fingerprint density at radius 3 is 2.33 bits per heavy atom. The molecule has 0 heterocycles. The van der Waals surface area contributed by atoms with Crippen LogP contribution in [0.5, 0.6) is 0 Å². The summed E-state index contributed by atoms with van der Waals surface area (Å²) in [6.45, 7) is 11.2. The first-order valence-corrected chi connectivity index (χ1v) is 7.75. The van der Waals surface area contributed by atoms with E-state index < -0.39 is 0 Å². The van der Waals surface area contributed by atoms with Crippen LogP contribution in [0.25, 0.3) is 0 Å². The molecule has 0 saturated heterocycles. The molecule has 0 atom stereocenters. The van der Waals surface area contributed by atoms with E-state index in [1.807, 2.05) is 0 Å². The number of ether oxygens (including phenoxy) is 1. The Hall–Kier alpha value is -0.120. The van der Waals surface area contributed by atoms with Crippen LogP contribution in [0.4, 0.5) is 0 Å². The average molecular weight is 256 g/mol. The molecule has 0 bridgehead atoms. The molecule has 0 unspecified atom stereocenters. The highest BCUT2D eigenvalue weighted by Gasteiger charge is 2.37. The minimum atomic E-state index is 0.248. The number of nitrogens with two attached hydrogens (primary N) is 1. The fraction of sp³-hybridized carbons (Fsp3) is 1.00. The molecule has 0 amide bonds. The van der Waals surface area contributed by atoms with Crippen LogP contribution in [0.1, 0.15) is 52.9 Å². The maximum absolute atomic E-state index is 6.12. The zero-order chi connectivity index (χ0) is 13.4. The van der Waals surface area contributed by atoms with Crippen LogP contribution in [0.2, 0.25) is 0 Å². The van der Waals surface area contributed by atoms with Crippen LogP contribution in [-0.4, -0.2) is 43.3 Å². The molecule has 18 heavy (non-hydrogen) atoms. The van der Waals surface area contributed by atoms with Crippen molar-refractivity contribution in [2.24, 2.45) is 11.7 Å². The van der Waals surface area contributed by atoms with Gasteiger partial charge in [-0.05, 0) is 45.1 Å². The average Bonchev–Trinajstić information content (AvgIpc) is 2.44. The Kier molecular flexibility index (Phi) is 7.20. The second-order valence-corrected chi connectivity index (χ2v) is 5.56. The van der Waals surface area contributed by atoms with Gasteiger partial charge in [-0.2, -0.15) is 0 Å². The van der Waals surface area contributed by atoms with Gasteiger partial charge in [0.25, 0.3) is 0 Å². The van der Waals surface area contributed by atoms with Crippen molar-refractivity contribution in [3.05, 3.63) is 0 Å². The van der Waals surface area contributed by atoms with Gasteiger partial charge in [-0.1, -0.05) is 20.3 Å². The second kappa shape index (κ2) is 8.13. The molecule has 1 saturated carbocycles. The Labute approximate surface area is 113 Å². The van der Waals surface area contributed by atoms with Crippen molar-refractivity contribution in [1.29, 1.82) is 0 Å². The van der Waals surface area contributed by atoms with Crippen LogP contribution < -0.4 is 5.73 Å². The van der Waals surface area contributed by atoms with Crippen LogP contribution >= 0.6 is 0 Å². The van der Waals surface area contributed by atoms with Crippen LogP contribution in [0.15, 0.2) is 0 Å². The van der Waals surface area contributed by atoms with Gasteiger partial charge in [-0.3, -0.25) is 4.90 Å². The van der Waals surface area contributed by atoms with Crippen molar-refractivity contribution in [1.82, 2.24) is 4.90 Å². The molecule has 2 N–H and O–H groups in total. The molecule has 0 aliphatic heterocycles. The lowest BCUT2D eigenvalue weighted by atomic mass is 9.74. The molecule has 1 aliphatic rings. The molecule has 0 spiro atoms. The van der Waals surface area contributed by atoms with Crippen molar-refractivity contribution >= 4 is 0 Å². The van der Waals surface area contributed by atoms with Crippen molar-refractivity contribution in [3.8, 4) is 0 Å². The molecule has 1 fully saturated rings. The lowest BCUT2D eigenvalue weighted by Gasteiger charge is -2.47. The van der Waals surface area contributed by atoms with E-state index in [1.165, 1.54) is 32.1 Å². The molecule has 3 heteroatoms. The van der Waals surface area contributed by atoms with Gasteiger partial charge in [0.1, 0.15) is 0 Å². The third-order valence-corrected chi connectivity index (χ3v) is 4.76. The minimum absolute atomic E-state index is 0.248. The van der Waals surface area contributed by atoms with Crippen molar-refractivity contribution in [2.45, 2.75) is 58.4 Å². The highest BCUT2D eigenvalue weighted by molar-refractivity contribution is 4.95. The summed E-state index contributed by atoms with van der Waals surface area (Å²) in [7, 11) is 0. The van der Waals surface area contributed by atoms with Gasteiger partial charge in [0.2, 0.25) is 0 Å². The minimum Gasteiger partial charge on any atom is -0.380 e. The van der Waals surface area contributed by atoms with E-state index in [0.717, 1.165) is 38.8 Å². The summed E-state index contributed by atoms with van der Waals surface area (Å²) in [5.74, 6) is 0.926. The van der Waals surface area contributed by atoms with E-state index in [0.29, 0.717) is 0 Å². The predicted molar refractivity (Wildman–Crippen MR) is 77.8 cm³/mol. The van der Waals surface area contributed by atoms with E-state index in [2.05, 4.69) is 25.7 Å². The highest BCUT2D eigenvalue weighted by atomic mass is 16.5. The molecule has 0 aromatic rings. The number of hydrogen-bond acceptors (Lipinski definition) is 3. The molecule has 3 nitrogen and oxygen atoms in total.